The Morgan fingerprint density at radius 2 is 1.65 bits per heavy atom. The van der Waals surface area contributed by atoms with E-state index >= 15 is 0 Å². The number of hydrogen-bond donors (Lipinski definition) is 1. The molecule has 0 saturated carbocycles. The Balaban J connectivity index is 1.27. The first-order chi connectivity index (χ1) is 16.6. The smallest absolute Gasteiger partial charge is 0.241 e. The lowest BCUT2D eigenvalue weighted by molar-refractivity contribution is -0.120. The Hall–Kier alpha value is -3.71. The van der Waals surface area contributed by atoms with Gasteiger partial charge in [-0.15, -0.1) is 0 Å². The molecule has 5 rings (SSSR count). The maximum absolute atomic E-state index is 13.1. The summed E-state index contributed by atoms with van der Waals surface area (Å²) in [4.78, 5) is 17.7. The van der Waals surface area contributed by atoms with Crippen LogP contribution in [0.4, 0.5) is 11.4 Å². The minimum absolute atomic E-state index is 0.0633. The van der Waals surface area contributed by atoms with Crippen molar-refractivity contribution in [2.45, 2.75) is 13.0 Å². The van der Waals surface area contributed by atoms with Crippen LogP contribution in [0.1, 0.15) is 6.92 Å². The van der Waals surface area contributed by atoms with Gasteiger partial charge in [0, 0.05) is 48.7 Å². The lowest BCUT2D eigenvalue weighted by Gasteiger charge is -2.38. The number of nitrogens with zero attached hydrogens (tertiary/aromatic N) is 2. The fraction of sp³-hybridized carbons (Fsp3) is 0.296. The number of piperazine rings is 1. The molecule has 7 nitrogen and oxygen atoms in total. The third-order valence-corrected chi connectivity index (χ3v) is 6.64. The van der Waals surface area contributed by atoms with Gasteiger partial charge in [0.1, 0.15) is 22.7 Å². The van der Waals surface area contributed by atoms with E-state index < -0.39 is 0 Å². The van der Waals surface area contributed by atoms with Gasteiger partial charge in [-0.05, 0) is 43.3 Å². The van der Waals surface area contributed by atoms with Crippen LogP contribution in [-0.2, 0) is 4.79 Å². The molecule has 0 spiro atoms. The molecule has 1 amide bonds. The van der Waals surface area contributed by atoms with Gasteiger partial charge in [-0.2, -0.15) is 0 Å². The second-order valence-corrected chi connectivity index (χ2v) is 8.53. The first-order valence-corrected chi connectivity index (χ1v) is 11.5. The van der Waals surface area contributed by atoms with E-state index in [1.54, 1.807) is 14.2 Å². The van der Waals surface area contributed by atoms with Crippen molar-refractivity contribution in [3.63, 3.8) is 0 Å². The molecule has 1 N–H and O–H groups in total. The highest BCUT2D eigenvalue weighted by atomic mass is 16.5. The third-order valence-electron chi connectivity index (χ3n) is 6.64. The molecule has 4 aromatic rings. The summed E-state index contributed by atoms with van der Waals surface area (Å²) in [5, 5.41) is 5.05. The maximum atomic E-state index is 13.1. The van der Waals surface area contributed by atoms with Gasteiger partial charge >= 0.3 is 0 Å². The number of fused-ring (bicyclic) bond motifs is 3. The van der Waals surface area contributed by atoms with Crippen LogP contribution >= 0.6 is 0 Å². The van der Waals surface area contributed by atoms with E-state index in [2.05, 4.69) is 27.2 Å². The van der Waals surface area contributed by atoms with Crippen molar-refractivity contribution in [3.8, 4) is 11.5 Å². The standard InChI is InChI=1S/C27H29N3O4/c1-18(29-12-14-30(15-13-29)19-8-10-20(32-2)11-9-19)27(31)28-23-17-25-22(16-26(23)33-3)21-6-4-5-7-24(21)34-25/h4-11,16-18H,12-15H2,1-3H3,(H,28,31). The second-order valence-electron chi connectivity index (χ2n) is 8.53. The number of rotatable bonds is 6. The van der Waals surface area contributed by atoms with E-state index in [9.17, 15) is 4.79 Å². The molecule has 1 aliphatic heterocycles. The fourth-order valence-corrected chi connectivity index (χ4v) is 4.58. The minimum Gasteiger partial charge on any atom is -0.497 e. The Morgan fingerprint density at radius 3 is 2.35 bits per heavy atom. The second kappa shape index (κ2) is 9.27. The average molecular weight is 460 g/mol. The Bertz CT molecular complexity index is 1310. The van der Waals surface area contributed by atoms with Crippen LogP contribution in [0.15, 0.2) is 65.1 Å². The summed E-state index contributed by atoms with van der Waals surface area (Å²) in [5.74, 6) is 1.40. The number of furan rings is 1. The quantitative estimate of drug-likeness (QED) is 0.449. The normalized spacial score (nSPS) is 15.4. The van der Waals surface area contributed by atoms with Crippen molar-refractivity contribution >= 4 is 39.2 Å². The highest BCUT2D eigenvalue weighted by Gasteiger charge is 2.26. The van der Waals surface area contributed by atoms with Crippen molar-refractivity contribution in [2.24, 2.45) is 0 Å². The number of carbonyl (C=O) groups is 1. The number of anilines is 2. The van der Waals surface area contributed by atoms with Crippen molar-refractivity contribution in [1.29, 1.82) is 0 Å². The molecule has 1 atom stereocenters. The van der Waals surface area contributed by atoms with Crippen LogP contribution in [0.3, 0.4) is 0 Å². The van der Waals surface area contributed by atoms with Crippen molar-refractivity contribution in [3.05, 3.63) is 60.7 Å². The van der Waals surface area contributed by atoms with Gasteiger partial charge in [0.05, 0.1) is 25.9 Å². The van der Waals surface area contributed by atoms with E-state index in [1.807, 2.05) is 55.5 Å². The molecule has 1 aliphatic rings. The number of methoxy groups -OCH3 is 2. The SMILES string of the molecule is COc1ccc(N2CCN(C(C)C(=O)Nc3cc4oc5ccccc5c4cc3OC)CC2)cc1. The van der Waals surface area contributed by atoms with Gasteiger partial charge in [0.15, 0.2) is 0 Å². The summed E-state index contributed by atoms with van der Waals surface area (Å²) in [6.45, 7) is 5.28. The number of hydrogen-bond acceptors (Lipinski definition) is 6. The summed E-state index contributed by atoms with van der Waals surface area (Å²) >= 11 is 0. The molecule has 7 heteroatoms. The van der Waals surface area contributed by atoms with Gasteiger partial charge in [-0.3, -0.25) is 9.69 Å². The summed E-state index contributed by atoms with van der Waals surface area (Å²) in [6.07, 6.45) is 0. The predicted octanol–water partition coefficient (Wildman–Crippen LogP) is 4.75. The summed E-state index contributed by atoms with van der Waals surface area (Å²) in [6, 6.07) is 19.5. The molecule has 1 fully saturated rings. The van der Waals surface area contributed by atoms with E-state index in [0.29, 0.717) is 11.4 Å². The van der Waals surface area contributed by atoms with Gasteiger partial charge < -0.3 is 24.1 Å². The van der Waals surface area contributed by atoms with E-state index in [0.717, 1.165) is 53.9 Å². The van der Waals surface area contributed by atoms with Crippen LogP contribution in [0.25, 0.3) is 21.9 Å². The molecular weight excluding hydrogens is 430 g/mol. The average Bonchev–Trinajstić information content (AvgIpc) is 3.25. The zero-order chi connectivity index (χ0) is 23.7. The highest BCUT2D eigenvalue weighted by Crippen LogP contribution is 2.36. The summed E-state index contributed by atoms with van der Waals surface area (Å²) in [5.41, 5.74) is 3.31. The van der Waals surface area contributed by atoms with Gasteiger partial charge in [0.25, 0.3) is 0 Å². The molecule has 1 aromatic heterocycles. The highest BCUT2D eigenvalue weighted by molar-refractivity contribution is 6.08. The largest absolute Gasteiger partial charge is 0.497 e. The van der Waals surface area contributed by atoms with Gasteiger partial charge in [0.2, 0.25) is 5.91 Å². The van der Waals surface area contributed by atoms with Crippen molar-refractivity contribution < 1.29 is 18.7 Å². The molecule has 34 heavy (non-hydrogen) atoms. The molecule has 0 aliphatic carbocycles. The lowest BCUT2D eigenvalue weighted by atomic mass is 10.1. The predicted molar refractivity (Wildman–Crippen MR) is 135 cm³/mol. The number of nitrogens with one attached hydrogen (secondary N) is 1. The van der Waals surface area contributed by atoms with E-state index in [4.69, 9.17) is 13.9 Å². The van der Waals surface area contributed by atoms with E-state index in [1.165, 1.54) is 5.69 Å². The van der Waals surface area contributed by atoms with Crippen LogP contribution in [0, 0.1) is 0 Å². The van der Waals surface area contributed by atoms with Crippen LogP contribution in [-0.4, -0.2) is 57.2 Å². The molecule has 3 aromatic carbocycles. The topological polar surface area (TPSA) is 67.2 Å². The fourth-order valence-electron chi connectivity index (χ4n) is 4.58. The Kier molecular flexibility index (Phi) is 6.02. The van der Waals surface area contributed by atoms with Crippen LogP contribution < -0.4 is 19.7 Å². The first-order valence-electron chi connectivity index (χ1n) is 11.5. The molecule has 2 heterocycles. The van der Waals surface area contributed by atoms with Gasteiger partial charge in [-0.25, -0.2) is 0 Å². The number of ether oxygens (including phenoxy) is 2. The van der Waals surface area contributed by atoms with Gasteiger partial charge in [-0.1, -0.05) is 18.2 Å². The first kappa shape index (κ1) is 22.1. The zero-order valence-corrected chi connectivity index (χ0v) is 19.7. The molecule has 0 bridgehead atoms. The molecule has 0 radical (unpaired) electrons. The molecular formula is C27H29N3O4. The molecule has 1 saturated heterocycles. The van der Waals surface area contributed by atoms with Crippen LogP contribution in [0.2, 0.25) is 0 Å². The number of amides is 1. The monoisotopic (exact) mass is 459 g/mol. The Morgan fingerprint density at radius 1 is 0.912 bits per heavy atom. The summed E-state index contributed by atoms with van der Waals surface area (Å²) < 4.78 is 16.8. The number of benzene rings is 3. The van der Waals surface area contributed by atoms with Crippen molar-refractivity contribution in [2.75, 3.05) is 50.6 Å². The minimum atomic E-state index is -0.269. The van der Waals surface area contributed by atoms with Crippen LogP contribution in [0.5, 0.6) is 11.5 Å². The van der Waals surface area contributed by atoms with E-state index in [-0.39, 0.29) is 11.9 Å². The lowest BCUT2D eigenvalue weighted by Crippen LogP contribution is -2.52. The maximum Gasteiger partial charge on any atom is 0.241 e. The number of carbonyl (C=O) groups excluding carboxylic acids is 1. The van der Waals surface area contributed by atoms with Crippen molar-refractivity contribution in [1.82, 2.24) is 4.90 Å². The molecule has 1 unspecified atom stereocenters. The third kappa shape index (κ3) is 4.15. The Labute approximate surface area is 198 Å². The summed E-state index contributed by atoms with van der Waals surface area (Å²) in [7, 11) is 3.28. The number of para-hydroxylation sites is 1. The zero-order valence-electron chi connectivity index (χ0n) is 19.7. The molecule has 176 valence electrons.